The Morgan fingerprint density at radius 1 is 1.31 bits per heavy atom. The van der Waals surface area contributed by atoms with Crippen LogP contribution in [0.25, 0.3) is 5.52 Å². The molecule has 1 fully saturated rings. The van der Waals surface area contributed by atoms with Gasteiger partial charge in [-0.25, -0.2) is 14.1 Å². The molecule has 1 aromatic carbocycles. The van der Waals surface area contributed by atoms with Crippen molar-refractivity contribution < 1.29 is 33.0 Å². The van der Waals surface area contributed by atoms with Crippen LogP contribution in [0.3, 0.4) is 0 Å². The van der Waals surface area contributed by atoms with Gasteiger partial charge in [-0.2, -0.15) is 10.2 Å². The van der Waals surface area contributed by atoms with E-state index in [0.717, 1.165) is 0 Å². The molecule has 2 aromatic heterocycles. The summed E-state index contributed by atoms with van der Waals surface area (Å²) in [6.45, 7) is 4.90. The highest BCUT2D eigenvalue weighted by atomic mass is 31.2. The molecular weight excluding hydrogens is 489 g/mol. The average molecular weight is 519 g/mol. The number of hydrogen-bond donors (Lipinski definition) is 3. The summed E-state index contributed by atoms with van der Waals surface area (Å²) >= 11 is 0. The smallest absolute Gasteiger partial charge is 0.459 e. The molecule has 36 heavy (non-hydrogen) atoms. The van der Waals surface area contributed by atoms with Crippen molar-refractivity contribution in [3.05, 3.63) is 54.5 Å². The normalized spacial score (nSPS) is 24.3. The summed E-state index contributed by atoms with van der Waals surface area (Å²) in [5, 5.41) is 17.7. The van der Waals surface area contributed by atoms with E-state index in [1.807, 2.05) is 13.0 Å². The van der Waals surface area contributed by atoms with Gasteiger partial charge in [0.2, 0.25) is 0 Å². The first kappa shape index (κ1) is 26.1. The van der Waals surface area contributed by atoms with Crippen LogP contribution in [0.1, 0.15) is 32.6 Å². The second kappa shape index (κ2) is 10.9. The van der Waals surface area contributed by atoms with Gasteiger partial charge in [0, 0.05) is 5.92 Å². The summed E-state index contributed by atoms with van der Waals surface area (Å²) in [6, 6.07) is 11.0. The highest BCUT2D eigenvalue weighted by Gasteiger charge is 2.44. The van der Waals surface area contributed by atoms with Crippen LogP contribution in [-0.2, 0) is 23.4 Å². The number of nitrogens with two attached hydrogens (primary N) is 1. The fourth-order valence-corrected chi connectivity index (χ4v) is 5.52. The molecule has 1 saturated heterocycles. The Bertz CT molecular complexity index is 1240. The molecule has 4 rings (SSSR count). The minimum Gasteiger partial charge on any atom is -0.465 e. The third-order valence-electron chi connectivity index (χ3n) is 5.89. The number of esters is 1. The second-order valence-corrected chi connectivity index (χ2v) is 10.1. The molecule has 0 aliphatic carbocycles. The summed E-state index contributed by atoms with van der Waals surface area (Å²) in [7, 11) is -4.08. The Balaban J connectivity index is 1.50. The maximum absolute atomic E-state index is 13.6. The molecule has 0 spiro atoms. The van der Waals surface area contributed by atoms with E-state index in [9.17, 15) is 14.5 Å². The molecule has 0 amide bonds. The molecule has 0 radical (unpaired) electrons. The second-order valence-electron chi connectivity index (χ2n) is 8.45. The Hall–Kier alpha value is -3.02. The number of anilines is 1. The molecule has 3 heterocycles. The number of nitrogen functional groups attached to an aromatic ring is 1. The molecule has 194 valence electrons. The lowest BCUT2D eigenvalue weighted by atomic mass is 9.97. The quantitative estimate of drug-likeness (QED) is 0.267. The molecular formula is C23H30N5O7P. The summed E-state index contributed by atoms with van der Waals surface area (Å²) in [4.78, 5) is 16.1. The predicted octanol–water partition coefficient (Wildman–Crippen LogP) is 2.49. The van der Waals surface area contributed by atoms with Crippen molar-refractivity contribution in [2.75, 3.05) is 18.9 Å². The van der Waals surface area contributed by atoms with E-state index in [0.29, 0.717) is 17.0 Å². The lowest BCUT2D eigenvalue weighted by Gasteiger charge is -2.24. The Labute approximate surface area is 208 Å². The number of nitrogens with one attached hydrogen (secondary N) is 1. The summed E-state index contributed by atoms with van der Waals surface area (Å²) in [5.41, 5.74) is 7.24. The minimum atomic E-state index is -4.08. The van der Waals surface area contributed by atoms with Crippen LogP contribution in [0.15, 0.2) is 48.8 Å². The van der Waals surface area contributed by atoms with Crippen LogP contribution in [0.4, 0.5) is 5.82 Å². The number of rotatable bonds is 10. The van der Waals surface area contributed by atoms with Gasteiger partial charge in [-0.15, -0.1) is 0 Å². The average Bonchev–Trinajstić information content (AvgIpc) is 3.40. The van der Waals surface area contributed by atoms with E-state index in [1.54, 1.807) is 47.8 Å². The van der Waals surface area contributed by atoms with Gasteiger partial charge in [-0.05, 0) is 38.1 Å². The first-order valence-electron chi connectivity index (χ1n) is 11.6. The number of fused-ring (bicyclic) bond motifs is 1. The van der Waals surface area contributed by atoms with Crippen molar-refractivity contribution in [2.24, 2.45) is 5.92 Å². The van der Waals surface area contributed by atoms with E-state index in [1.165, 1.54) is 13.3 Å². The number of benzene rings is 1. The van der Waals surface area contributed by atoms with Crippen molar-refractivity contribution in [1.82, 2.24) is 19.7 Å². The Morgan fingerprint density at radius 3 is 2.78 bits per heavy atom. The maximum Gasteiger partial charge on any atom is 0.459 e. The van der Waals surface area contributed by atoms with Crippen molar-refractivity contribution in [1.29, 1.82) is 0 Å². The molecule has 0 bridgehead atoms. The SMILES string of the molecule is CCOC(=O)[C@H](C)NP(=O)(OC[C@H]1O[C@@H](c2ccc3c(N)ncnn23)[C@@H](C)[C@@H]1O)Oc1ccccc1. The summed E-state index contributed by atoms with van der Waals surface area (Å²) in [6.07, 6.45) is -0.962. The van der Waals surface area contributed by atoms with Crippen molar-refractivity contribution in [2.45, 2.75) is 45.1 Å². The first-order chi connectivity index (χ1) is 17.2. The number of aliphatic hydroxyl groups is 1. The van der Waals surface area contributed by atoms with Gasteiger partial charge in [-0.3, -0.25) is 9.32 Å². The number of carbonyl (C=O) groups is 1. The fourth-order valence-electron chi connectivity index (χ4n) is 4.01. The summed E-state index contributed by atoms with van der Waals surface area (Å²) in [5.74, 6) is -0.345. The van der Waals surface area contributed by atoms with Crippen LogP contribution < -0.4 is 15.3 Å². The molecule has 13 heteroatoms. The number of ether oxygens (including phenoxy) is 2. The van der Waals surface area contributed by atoms with Crippen molar-refractivity contribution in [3.63, 3.8) is 0 Å². The van der Waals surface area contributed by atoms with Crippen LogP contribution in [0, 0.1) is 5.92 Å². The number of aromatic nitrogens is 3. The zero-order valence-electron chi connectivity index (χ0n) is 20.2. The lowest BCUT2D eigenvalue weighted by molar-refractivity contribution is -0.144. The van der Waals surface area contributed by atoms with Gasteiger partial charge in [0.25, 0.3) is 0 Å². The van der Waals surface area contributed by atoms with Crippen LogP contribution in [0.2, 0.25) is 0 Å². The van der Waals surface area contributed by atoms with Crippen LogP contribution >= 0.6 is 7.75 Å². The summed E-state index contributed by atoms with van der Waals surface area (Å²) < 4.78 is 37.7. The third-order valence-corrected chi connectivity index (χ3v) is 7.53. The van der Waals surface area contributed by atoms with Crippen molar-refractivity contribution >= 4 is 25.1 Å². The van der Waals surface area contributed by atoms with E-state index < -0.39 is 38.1 Å². The molecule has 4 N–H and O–H groups in total. The molecule has 1 aliphatic rings. The Morgan fingerprint density at radius 2 is 2.06 bits per heavy atom. The van der Waals surface area contributed by atoms with E-state index in [4.69, 9.17) is 24.3 Å². The maximum atomic E-state index is 13.6. The highest BCUT2D eigenvalue weighted by Crippen LogP contribution is 2.47. The topological polar surface area (TPSA) is 160 Å². The molecule has 1 unspecified atom stereocenters. The number of nitrogens with zero attached hydrogens (tertiary/aromatic N) is 3. The lowest BCUT2D eigenvalue weighted by Crippen LogP contribution is -2.36. The fraction of sp³-hybridized carbons (Fsp3) is 0.435. The molecule has 6 atom stereocenters. The van der Waals surface area contributed by atoms with Gasteiger partial charge in [0.1, 0.15) is 35.8 Å². The van der Waals surface area contributed by atoms with Crippen molar-refractivity contribution in [3.8, 4) is 5.75 Å². The monoisotopic (exact) mass is 519 g/mol. The zero-order chi connectivity index (χ0) is 25.9. The van der Waals surface area contributed by atoms with Gasteiger partial charge < -0.3 is 24.8 Å². The van der Waals surface area contributed by atoms with Gasteiger partial charge >= 0.3 is 13.7 Å². The van der Waals surface area contributed by atoms with Crippen LogP contribution in [-0.4, -0.2) is 57.1 Å². The number of carbonyl (C=O) groups excluding carboxylic acids is 1. The van der Waals surface area contributed by atoms with Gasteiger partial charge in [0.05, 0.1) is 25.0 Å². The molecule has 0 saturated carbocycles. The van der Waals surface area contributed by atoms with E-state index in [2.05, 4.69) is 15.2 Å². The minimum absolute atomic E-state index is 0.169. The molecule has 12 nitrogen and oxygen atoms in total. The largest absolute Gasteiger partial charge is 0.465 e. The zero-order valence-corrected chi connectivity index (χ0v) is 21.1. The predicted molar refractivity (Wildman–Crippen MR) is 130 cm³/mol. The standard InChI is InChI=1S/C23H30N5O7P/c1-4-32-23(30)15(3)27-36(31,35-16-8-6-5-7-9-16)33-12-19-20(29)14(2)21(34-19)17-10-11-18-22(24)25-13-26-28(17)18/h5-11,13-15,19-21,29H,4,12H2,1-3H3,(H,27,31)(H2,24,25,26)/t14-,15-,19+,20-,21+,36?/m0/s1. The van der Waals surface area contributed by atoms with E-state index in [-0.39, 0.29) is 24.9 Å². The van der Waals surface area contributed by atoms with Gasteiger partial charge in [0.15, 0.2) is 5.82 Å². The van der Waals surface area contributed by atoms with E-state index >= 15 is 0 Å². The first-order valence-corrected chi connectivity index (χ1v) is 13.1. The number of aliphatic hydroxyl groups excluding tert-OH is 1. The Kier molecular flexibility index (Phi) is 7.91. The van der Waals surface area contributed by atoms with Crippen LogP contribution in [0.5, 0.6) is 5.75 Å². The molecule has 1 aliphatic heterocycles. The third kappa shape index (κ3) is 5.53. The highest BCUT2D eigenvalue weighted by molar-refractivity contribution is 7.52. The number of para-hydroxylation sites is 1. The number of hydrogen-bond acceptors (Lipinski definition) is 10. The van der Waals surface area contributed by atoms with Gasteiger partial charge in [-0.1, -0.05) is 25.1 Å². The molecule has 3 aromatic rings.